The zero-order valence-corrected chi connectivity index (χ0v) is 11.6. The lowest BCUT2D eigenvalue weighted by molar-refractivity contribution is 1.22. The quantitative estimate of drug-likeness (QED) is 0.569. The molecule has 0 fully saturated rings. The Morgan fingerprint density at radius 1 is 1.39 bits per heavy atom. The average molecular weight is 321 g/mol. The summed E-state index contributed by atoms with van der Waals surface area (Å²) in [5.74, 6) is 0.642. The summed E-state index contributed by atoms with van der Waals surface area (Å²) in [5, 5.41) is 6.16. The number of fused-ring (bicyclic) bond motifs is 1. The van der Waals surface area contributed by atoms with Crippen LogP contribution in [0.2, 0.25) is 0 Å². The van der Waals surface area contributed by atoms with E-state index in [0.717, 1.165) is 20.4 Å². The number of hydrogen-bond donors (Lipinski definition) is 2. The predicted molar refractivity (Wildman–Crippen MR) is 79.3 cm³/mol. The monoisotopic (exact) mass is 320 g/mol. The van der Waals surface area contributed by atoms with Crippen LogP contribution >= 0.6 is 27.3 Å². The summed E-state index contributed by atoms with van der Waals surface area (Å²) >= 11 is 5.02. The lowest BCUT2D eigenvalue weighted by Crippen LogP contribution is -1.90. The fraction of sp³-hybridized carbons (Fsp3) is 0. The number of nitrogens with zero attached hydrogens (tertiary/aromatic N) is 2. The Balaban J connectivity index is 1.74. The molecule has 0 aliphatic carbocycles. The van der Waals surface area contributed by atoms with Crippen molar-refractivity contribution in [1.29, 1.82) is 0 Å². The number of aromatic amines is 1. The molecule has 90 valence electrons. The van der Waals surface area contributed by atoms with E-state index in [2.05, 4.69) is 36.4 Å². The first-order valence-corrected chi connectivity index (χ1v) is 6.96. The molecule has 2 aromatic heterocycles. The molecular formula is C12H9BrN4S. The minimum Gasteiger partial charge on any atom is -0.323 e. The van der Waals surface area contributed by atoms with Crippen molar-refractivity contribution in [3.8, 4) is 0 Å². The summed E-state index contributed by atoms with van der Waals surface area (Å²) in [5.41, 5.74) is 4.81. The van der Waals surface area contributed by atoms with E-state index < -0.39 is 0 Å². The van der Waals surface area contributed by atoms with Crippen LogP contribution in [0.5, 0.6) is 0 Å². The Kier molecular flexibility index (Phi) is 3.12. The molecule has 0 saturated heterocycles. The maximum atomic E-state index is 4.36. The average Bonchev–Trinajstić information content (AvgIpc) is 2.95. The van der Waals surface area contributed by atoms with E-state index in [1.807, 2.05) is 35.7 Å². The van der Waals surface area contributed by atoms with Gasteiger partial charge in [0, 0.05) is 14.7 Å². The molecule has 0 saturated carbocycles. The highest BCUT2D eigenvalue weighted by Gasteiger charge is 1.99. The van der Waals surface area contributed by atoms with Crippen molar-refractivity contribution in [3.63, 3.8) is 0 Å². The number of imidazole rings is 1. The Morgan fingerprint density at radius 2 is 2.28 bits per heavy atom. The number of hydrazone groups is 1. The van der Waals surface area contributed by atoms with Crippen LogP contribution in [0.1, 0.15) is 4.88 Å². The third-order valence-corrected chi connectivity index (χ3v) is 3.97. The van der Waals surface area contributed by atoms with Crippen LogP contribution in [0.3, 0.4) is 0 Å². The molecule has 2 N–H and O–H groups in total. The van der Waals surface area contributed by atoms with E-state index in [0.29, 0.717) is 5.95 Å². The molecule has 3 rings (SSSR count). The number of para-hydroxylation sites is 2. The van der Waals surface area contributed by atoms with Gasteiger partial charge in [-0.3, -0.25) is 0 Å². The van der Waals surface area contributed by atoms with E-state index in [1.54, 1.807) is 17.6 Å². The number of rotatable bonds is 3. The minimum atomic E-state index is 0.642. The summed E-state index contributed by atoms with van der Waals surface area (Å²) in [7, 11) is 0. The number of anilines is 1. The van der Waals surface area contributed by atoms with E-state index in [9.17, 15) is 0 Å². The van der Waals surface area contributed by atoms with Gasteiger partial charge >= 0.3 is 0 Å². The summed E-state index contributed by atoms with van der Waals surface area (Å²) in [6, 6.07) is 9.87. The molecular weight excluding hydrogens is 312 g/mol. The largest absolute Gasteiger partial charge is 0.323 e. The highest BCUT2D eigenvalue weighted by Crippen LogP contribution is 2.18. The highest BCUT2D eigenvalue weighted by atomic mass is 79.9. The van der Waals surface area contributed by atoms with Gasteiger partial charge in [-0.2, -0.15) is 5.10 Å². The van der Waals surface area contributed by atoms with Crippen LogP contribution in [-0.2, 0) is 0 Å². The molecule has 0 aliphatic heterocycles. The zero-order valence-electron chi connectivity index (χ0n) is 9.22. The van der Waals surface area contributed by atoms with E-state index in [-0.39, 0.29) is 0 Å². The van der Waals surface area contributed by atoms with Gasteiger partial charge < -0.3 is 4.98 Å². The van der Waals surface area contributed by atoms with Crippen molar-refractivity contribution < 1.29 is 0 Å². The number of benzene rings is 1. The van der Waals surface area contributed by atoms with Gasteiger partial charge in [0.25, 0.3) is 0 Å². The molecule has 0 amide bonds. The van der Waals surface area contributed by atoms with Gasteiger partial charge in [0.15, 0.2) is 0 Å². The molecule has 4 nitrogen and oxygen atoms in total. The Morgan fingerprint density at radius 3 is 3.06 bits per heavy atom. The van der Waals surface area contributed by atoms with Crippen molar-refractivity contribution in [2.24, 2.45) is 5.10 Å². The van der Waals surface area contributed by atoms with Crippen LogP contribution in [0.25, 0.3) is 11.0 Å². The number of thiophene rings is 1. The van der Waals surface area contributed by atoms with E-state index in [4.69, 9.17) is 0 Å². The molecule has 0 aliphatic rings. The second kappa shape index (κ2) is 4.91. The zero-order chi connectivity index (χ0) is 12.4. The smallest absolute Gasteiger partial charge is 0.222 e. The van der Waals surface area contributed by atoms with Crippen molar-refractivity contribution in [1.82, 2.24) is 9.97 Å². The van der Waals surface area contributed by atoms with Crippen molar-refractivity contribution in [3.05, 3.63) is 45.1 Å². The molecule has 2 heterocycles. The van der Waals surface area contributed by atoms with Gasteiger partial charge in [-0.25, -0.2) is 10.4 Å². The number of hydrogen-bond acceptors (Lipinski definition) is 4. The highest BCUT2D eigenvalue weighted by molar-refractivity contribution is 9.10. The lowest BCUT2D eigenvalue weighted by atomic mass is 10.3. The van der Waals surface area contributed by atoms with Crippen LogP contribution in [0.15, 0.2) is 45.3 Å². The summed E-state index contributed by atoms with van der Waals surface area (Å²) in [6.07, 6.45) is 1.77. The maximum Gasteiger partial charge on any atom is 0.222 e. The van der Waals surface area contributed by atoms with Crippen molar-refractivity contribution in [2.75, 3.05) is 5.43 Å². The molecule has 1 aromatic carbocycles. The predicted octanol–water partition coefficient (Wildman–Crippen LogP) is 3.83. The maximum absolute atomic E-state index is 4.36. The second-order valence-corrected chi connectivity index (χ2v) is 5.50. The summed E-state index contributed by atoms with van der Waals surface area (Å²) in [6.45, 7) is 0. The van der Waals surface area contributed by atoms with E-state index in [1.165, 1.54) is 0 Å². The second-order valence-electron chi connectivity index (χ2n) is 3.64. The molecule has 0 radical (unpaired) electrons. The SMILES string of the molecule is Brc1csc(/C=N\Nc2nc3ccccc3[nH]2)c1. The van der Waals surface area contributed by atoms with Crippen molar-refractivity contribution >= 4 is 50.5 Å². The fourth-order valence-corrected chi connectivity index (χ4v) is 2.86. The van der Waals surface area contributed by atoms with Gasteiger partial charge in [-0.05, 0) is 34.1 Å². The van der Waals surface area contributed by atoms with Crippen LogP contribution in [0.4, 0.5) is 5.95 Å². The number of nitrogens with one attached hydrogen (secondary N) is 2. The number of aromatic nitrogens is 2. The normalized spacial score (nSPS) is 11.4. The third kappa shape index (κ3) is 2.44. The first kappa shape index (κ1) is 11.4. The molecule has 3 aromatic rings. The van der Waals surface area contributed by atoms with Gasteiger partial charge in [0.1, 0.15) is 0 Å². The molecule has 0 unspecified atom stereocenters. The van der Waals surface area contributed by atoms with Gasteiger partial charge in [0.2, 0.25) is 5.95 Å². The number of H-pyrrole nitrogens is 1. The van der Waals surface area contributed by atoms with Crippen LogP contribution in [0, 0.1) is 0 Å². The molecule has 6 heteroatoms. The minimum absolute atomic E-state index is 0.642. The molecule has 0 spiro atoms. The third-order valence-electron chi connectivity index (χ3n) is 2.34. The molecule has 0 atom stereocenters. The van der Waals surface area contributed by atoms with Crippen LogP contribution < -0.4 is 5.43 Å². The Bertz CT molecular complexity index is 668. The first-order valence-electron chi connectivity index (χ1n) is 5.29. The Labute approximate surface area is 116 Å². The van der Waals surface area contributed by atoms with Crippen LogP contribution in [-0.4, -0.2) is 16.2 Å². The first-order chi connectivity index (χ1) is 8.81. The van der Waals surface area contributed by atoms with Crippen molar-refractivity contribution in [2.45, 2.75) is 0 Å². The fourth-order valence-electron chi connectivity index (χ4n) is 1.56. The molecule has 0 bridgehead atoms. The van der Waals surface area contributed by atoms with Gasteiger partial charge in [-0.1, -0.05) is 12.1 Å². The summed E-state index contributed by atoms with van der Waals surface area (Å²) < 4.78 is 1.07. The Hall–Kier alpha value is -1.66. The molecule has 18 heavy (non-hydrogen) atoms. The van der Waals surface area contributed by atoms with E-state index >= 15 is 0 Å². The topological polar surface area (TPSA) is 53.1 Å². The standard InChI is InChI=1S/C12H9BrN4S/c13-8-5-9(18-7-8)6-14-17-12-15-10-3-1-2-4-11(10)16-12/h1-7H,(H2,15,16,17)/b14-6-. The number of halogens is 1. The van der Waals surface area contributed by atoms with Gasteiger partial charge in [0.05, 0.1) is 17.2 Å². The summed E-state index contributed by atoms with van der Waals surface area (Å²) in [4.78, 5) is 8.58. The van der Waals surface area contributed by atoms with Gasteiger partial charge in [-0.15, -0.1) is 11.3 Å². The lowest BCUT2D eigenvalue weighted by Gasteiger charge is -1.91.